The van der Waals surface area contributed by atoms with E-state index in [4.69, 9.17) is 9.47 Å². The number of ether oxygens (including phenoxy) is 2. The van der Waals surface area contributed by atoms with Gasteiger partial charge < -0.3 is 9.47 Å². The zero-order valence-corrected chi connectivity index (χ0v) is 8.53. The van der Waals surface area contributed by atoms with Gasteiger partial charge in [-0.15, -0.1) is 0 Å². The summed E-state index contributed by atoms with van der Waals surface area (Å²) in [6, 6.07) is 9.43. The first-order valence-corrected chi connectivity index (χ1v) is 4.91. The number of rotatable bonds is 3. The highest BCUT2D eigenvalue weighted by Crippen LogP contribution is 2.26. The highest BCUT2D eigenvalue weighted by molar-refractivity contribution is 6.18. The second kappa shape index (κ2) is 4.17. The largest absolute Gasteiger partial charge is 0.494 e. The van der Waals surface area contributed by atoms with Gasteiger partial charge in [-0.25, -0.2) is 4.79 Å². The third-order valence-corrected chi connectivity index (χ3v) is 2.20. The van der Waals surface area contributed by atoms with Crippen molar-refractivity contribution in [2.24, 2.45) is 0 Å². The molecule has 0 saturated heterocycles. The van der Waals surface area contributed by atoms with E-state index >= 15 is 0 Å². The summed E-state index contributed by atoms with van der Waals surface area (Å²) in [7, 11) is 0. The molecule has 0 spiro atoms. The van der Waals surface area contributed by atoms with Gasteiger partial charge in [0.05, 0.1) is 6.61 Å². The summed E-state index contributed by atoms with van der Waals surface area (Å²) >= 11 is 0. The van der Waals surface area contributed by atoms with Crippen molar-refractivity contribution in [3.63, 3.8) is 0 Å². The molecule has 3 nitrogen and oxygen atoms in total. The van der Waals surface area contributed by atoms with Crippen molar-refractivity contribution in [3.05, 3.63) is 41.7 Å². The maximum atomic E-state index is 11.5. The van der Waals surface area contributed by atoms with Crippen LogP contribution < -0.4 is 0 Å². The van der Waals surface area contributed by atoms with Crippen LogP contribution in [0, 0.1) is 0 Å². The lowest BCUT2D eigenvalue weighted by atomic mass is 10.1. The maximum Gasteiger partial charge on any atom is 0.342 e. The summed E-state index contributed by atoms with van der Waals surface area (Å²) < 4.78 is 10.3. The maximum absolute atomic E-state index is 11.5. The molecule has 1 aliphatic heterocycles. The van der Waals surface area contributed by atoms with Crippen molar-refractivity contribution in [3.8, 4) is 0 Å². The molecule has 1 aromatic rings. The van der Waals surface area contributed by atoms with Crippen molar-refractivity contribution >= 4 is 11.5 Å². The summed E-state index contributed by atoms with van der Waals surface area (Å²) in [6.07, 6.45) is 0. The van der Waals surface area contributed by atoms with Crippen molar-refractivity contribution < 1.29 is 14.3 Å². The van der Waals surface area contributed by atoms with E-state index in [0.717, 1.165) is 5.56 Å². The fourth-order valence-corrected chi connectivity index (χ4v) is 1.56. The highest BCUT2D eigenvalue weighted by Gasteiger charge is 2.27. The van der Waals surface area contributed by atoms with Gasteiger partial charge in [0.2, 0.25) is 0 Å². The SMILES string of the molecule is CCOC1=C(c2ccccc2)C(=O)OC1. The van der Waals surface area contributed by atoms with E-state index in [-0.39, 0.29) is 12.6 Å². The molecule has 0 unspecified atom stereocenters. The number of hydrogen-bond acceptors (Lipinski definition) is 3. The lowest BCUT2D eigenvalue weighted by molar-refractivity contribution is -0.134. The molecule has 78 valence electrons. The predicted octanol–water partition coefficient (Wildman–Crippen LogP) is 1.99. The quantitative estimate of drug-likeness (QED) is 0.706. The smallest absolute Gasteiger partial charge is 0.342 e. The van der Waals surface area contributed by atoms with Gasteiger partial charge in [-0.3, -0.25) is 0 Å². The van der Waals surface area contributed by atoms with Crippen LogP contribution in [0.15, 0.2) is 36.1 Å². The lowest BCUT2D eigenvalue weighted by Crippen LogP contribution is -1.98. The minimum absolute atomic E-state index is 0.247. The summed E-state index contributed by atoms with van der Waals surface area (Å²) in [6.45, 7) is 2.68. The van der Waals surface area contributed by atoms with Gasteiger partial charge >= 0.3 is 5.97 Å². The Bertz CT molecular complexity index is 393. The average Bonchev–Trinajstić information content (AvgIpc) is 2.62. The minimum atomic E-state index is -0.301. The molecule has 0 radical (unpaired) electrons. The second-order valence-corrected chi connectivity index (χ2v) is 3.17. The molecule has 0 fully saturated rings. The highest BCUT2D eigenvalue weighted by atomic mass is 16.6. The van der Waals surface area contributed by atoms with Crippen LogP contribution in [0.2, 0.25) is 0 Å². The summed E-state index contributed by atoms with van der Waals surface area (Å²) in [5.74, 6) is 0.332. The van der Waals surface area contributed by atoms with E-state index in [1.54, 1.807) is 0 Å². The van der Waals surface area contributed by atoms with Crippen LogP contribution in [0.5, 0.6) is 0 Å². The van der Waals surface area contributed by atoms with E-state index < -0.39 is 0 Å². The Labute approximate surface area is 88.3 Å². The molecular weight excluding hydrogens is 192 g/mol. The normalized spacial score (nSPS) is 15.4. The van der Waals surface area contributed by atoms with E-state index in [2.05, 4.69) is 0 Å². The molecule has 0 atom stereocenters. The molecule has 15 heavy (non-hydrogen) atoms. The Morgan fingerprint density at radius 1 is 1.33 bits per heavy atom. The molecule has 1 aliphatic rings. The van der Waals surface area contributed by atoms with Crippen LogP contribution in [0.3, 0.4) is 0 Å². The second-order valence-electron chi connectivity index (χ2n) is 3.17. The molecule has 0 amide bonds. The summed E-state index contributed by atoms with van der Waals surface area (Å²) in [4.78, 5) is 11.5. The van der Waals surface area contributed by atoms with Crippen LogP contribution in [0.25, 0.3) is 5.57 Å². The van der Waals surface area contributed by atoms with Gasteiger partial charge in [0.1, 0.15) is 17.9 Å². The van der Waals surface area contributed by atoms with Gasteiger partial charge in [-0.2, -0.15) is 0 Å². The molecule has 0 bridgehead atoms. The zero-order valence-electron chi connectivity index (χ0n) is 8.53. The van der Waals surface area contributed by atoms with Crippen LogP contribution in [0.4, 0.5) is 0 Å². The summed E-state index contributed by atoms with van der Waals surface area (Å²) in [5, 5.41) is 0. The molecule has 1 aromatic carbocycles. The Balaban J connectivity index is 2.39. The molecule has 0 aliphatic carbocycles. The molecular formula is C12H12O3. The molecule has 0 N–H and O–H groups in total. The molecule has 0 saturated carbocycles. The Morgan fingerprint density at radius 3 is 2.73 bits per heavy atom. The Hall–Kier alpha value is -1.77. The topological polar surface area (TPSA) is 35.5 Å². The number of carbonyl (C=O) groups is 1. The number of esters is 1. The predicted molar refractivity (Wildman–Crippen MR) is 55.9 cm³/mol. The number of benzene rings is 1. The van der Waals surface area contributed by atoms with E-state index in [1.165, 1.54) is 0 Å². The van der Waals surface area contributed by atoms with E-state index in [9.17, 15) is 4.79 Å². The first kappa shape index (κ1) is 9.77. The fraction of sp³-hybridized carbons (Fsp3) is 0.250. The van der Waals surface area contributed by atoms with Crippen molar-refractivity contribution in [1.82, 2.24) is 0 Å². The number of cyclic esters (lactones) is 1. The first-order chi connectivity index (χ1) is 7.33. The number of carbonyl (C=O) groups excluding carboxylic acids is 1. The van der Waals surface area contributed by atoms with Crippen molar-refractivity contribution in [2.75, 3.05) is 13.2 Å². The third kappa shape index (κ3) is 1.86. The molecule has 3 heteroatoms. The van der Waals surface area contributed by atoms with Crippen LogP contribution >= 0.6 is 0 Å². The Morgan fingerprint density at radius 2 is 2.07 bits per heavy atom. The van der Waals surface area contributed by atoms with Crippen LogP contribution in [-0.2, 0) is 14.3 Å². The van der Waals surface area contributed by atoms with Gasteiger partial charge in [-0.05, 0) is 12.5 Å². The number of hydrogen-bond donors (Lipinski definition) is 0. The fourth-order valence-electron chi connectivity index (χ4n) is 1.56. The van der Waals surface area contributed by atoms with E-state index in [1.807, 2.05) is 37.3 Å². The van der Waals surface area contributed by atoms with Gasteiger partial charge in [-0.1, -0.05) is 30.3 Å². The molecule has 0 aromatic heterocycles. The van der Waals surface area contributed by atoms with Gasteiger partial charge in [0.25, 0.3) is 0 Å². The van der Waals surface area contributed by atoms with Crippen molar-refractivity contribution in [2.45, 2.75) is 6.92 Å². The minimum Gasteiger partial charge on any atom is -0.494 e. The first-order valence-electron chi connectivity index (χ1n) is 4.91. The lowest BCUT2D eigenvalue weighted by Gasteiger charge is -2.03. The van der Waals surface area contributed by atoms with E-state index in [0.29, 0.717) is 17.9 Å². The third-order valence-electron chi connectivity index (χ3n) is 2.20. The molecule has 1 heterocycles. The standard InChI is InChI=1S/C12H12O3/c1-2-14-10-8-15-12(13)11(10)9-6-4-3-5-7-9/h3-7H,2,8H2,1H3. The van der Waals surface area contributed by atoms with Gasteiger partial charge in [0.15, 0.2) is 0 Å². The Kier molecular flexibility index (Phi) is 2.72. The van der Waals surface area contributed by atoms with Crippen LogP contribution in [-0.4, -0.2) is 19.2 Å². The monoisotopic (exact) mass is 204 g/mol. The van der Waals surface area contributed by atoms with Crippen LogP contribution in [0.1, 0.15) is 12.5 Å². The summed E-state index contributed by atoms with van der Waals surface area (Å²) in [5.41, 5.74) is 1.40. The van der Waals surface area contributed by atoms with Crippen molar-refractivity contribution in [1.29, 1.82) is 0 Å². The van der Waals surface area contributed by atoms with Gasteiger partial charge in [0, 0.05) is 0 Å². The zero-order chi connectivity index (χ0) is 10.7. The average molecular weight is 204 g/mol. The molecule has 2 rings (SSSR count).